The van der Waals surface area contributed by atoms with Crippen LogP contribution < -0.4 is 4.72 Å². The third-order valence-corrected chi connectivity index (χ3v) is 6.34. The molecule has 1 fully saturated rings. The topological polar surface area (TPSA) is 90.3 Å². The molecule has 1 amide bonds. The highest BCUT2D eigenvalue weighted by atomic mass is 35.5. The van der Waals surface area contributed by atoms with Gasteiger partial charge in [-0.15, -0.1) is 0 Å². The van der Waals surface area contributed by atoms with E-state index >= 15 is 0 Å². The normalized spacial score (nSPS) is 15.2. The fraction of sp³-hybridized carbons (Fsp3) is 0.263. The average molecular weight is 422 g/mol. The number of carbonyl (C=O) groups excluding carboxylic acids is 1. The zero-order chi connectivity index (χ0) is 20.3. The minimum Gasteiger partial charge on any atom is -0.338 e. The molecule has 9 heteroatoms. The zero-order valence-corrected chi connectivity index (χ0v) is 16.3. The number of carbonyl (C=O) groups is 1. The monoisotopic (exact) mass is 421 g/mol. The summed E-state index contributed by atoms with van der Waals surface area (Å²) in [6.45, 7) is 0.595. The van der Waals surface area contributed by atoms with Crippen LogP contribution in [0.25, 0.3) is 0 Å². The first-order chi connectivity index (χ1) is 13.3. The maximum atomic E-state index is 14.1. The summed E-state index contributed by atoms with van der Waals surface area (Å²) < 4.78 is 41.6. The summed E-state index contributed by atoms with van der Waals surface area (Å²) in [6.07, 6.45) is 0.826. The van der Waals surface area contributed by atoms with E-state index in [0.29, 0.717) is 31.0 Å². The molecule has 6 nitrogen and oxygen atoms in total. The van der Waals surface area contributed by atoms with E-state index in [0.717, 1.165) is 6.07 Å². The third-order valence-electron chi connectivity index (χ3n) is 4.56. The number of hydrogen-bond donors (Lipinski definition) is 1. The van der Waals surface area contributed by atoms with Crippen LogP contribution in [0.4, 0.5) is 4.39 Å². The van der Waals surface area contributed by atoms with Gasteiger partial charge in [0, 0.05) is 24.2 Å². The van der Waals surface area contributed by atoms with Crippen molar-refractivity contribution in [2.24, 2.45) is 0 Å². The summed E-state index contributed by atoms with van der Waals surface area (Å²) in [5, 5.41) is 9.23. The second-order valence-electron chi connectivity index (χ2n) is 6.45. The largest absolute Gasteiger partial charge is 0.338 e. The minimum absolute atomic E-state index is 0.0980. The Labute approximate surface area is 167 Å². The molecule has 2 aromatic carbocycles. The number of nitrogens with zero attached hydrogens (tertiary/aromatic N) is 2. The first-order valence-electron chi connectivity index (χ1n) is 8.57. The summed E-state index contributed by atoms with van der Waals surface area (Å²) >= 11 is 5.78. The molecule has 0 aliphatic carbocycles. The molecular formula is C19H17ClFN3O3S. The SMILES string of the molecule is N#Cc1ccc(C(=O)N2CCC(NS(=O)(=O)c3ccc(Cl)cc3)CC2)c(F)c1. The summed E-state index contributed by atoms with van der Waals surface area (Å²) in [5.41, 5.74) is 0.0450. The number of piperidine rings is 1. The lowest BCUT2D eigenvalue weighted by Gasteiger charge is -2.32. The molecule has 0 saturated carbocycles. The van der Waals surface area contributed by atoms with Gasteiger partial charge < -0.3 is 4.90 Å². The molecule has 3 rings (SSSR count). The van der Waals surface area contributed by atoms with E-state index in [4.69, 9.17) is 16.9 Å². The molecule has 1 aliphatic heterocycles. The molecule has 0 spiro atoms. The van der Waals surface area contributed by atoms with E-state index in [1.54, 1.807) is 0 Å². The van der Waals surface area contributed by atoms with Crippen molar-refractivity contribution < 1.29 is 17.6 Å². The molecule has 1 aliphatic rings. The molecule has 0 atom stereocenters. The van der Waals surface area contributed by atoms with E-state index in [1.165, 1.54) is 41.3 Å². The molecule has 0 unspecified atom stereocenters. The van der Waals surface area contributed by atoms with Gasteiger partial charge in [-0.2, -0.15) is 5.26 Å². The number of nitriles is 1. The molecule has 1 saturated heterocycles. The van der Waals surface area contributed by atoms with E-state index in [-0.39, 0.29) is 22.1 Å². The zero-order valence-electron chi connectivity index (χ0n) is 14.7. The minimum atomic E-state index is -3.68. The van der Waals surface area contributed by atoms with Crippen LogP contribution in [0, 0.1) is 17.1 Å². The number of hydrogen-bond acceptors (Lipinski definition) is 4. The highest BCUT2D eigenvalue weighted by Gasteiger charge is 2.28. The van der Waals surface area contributed by atoms with Crippen LogP contribution in [-0.4, -0.2) is 38.4 Å². The maximum Gasteiger partial charge on any atom is 0.256 e. The van der Waals surface area contributed by atoms with E-state index < -0.39 is 21.7 Å². The van der Waals surface area contributed by atoms with Crippen LogP contribution in [0.2, 0.25) is 5.02 Å². The Morgan fingerprint density at radius 3 is 2.39 bits per heavy atom. The Bertz CT molecular complexity index is 1030. The standard InChI is InChI=1S/C19H17ClFN3O3S/c20-14-2-4-16(5-3-14)28(26,27)23-15-7-9-24(10-8-15)19(25)17-6-1-13(12-22)11-18(17)21/h1-6,11,15,23H,7-10H2. The molecular weight excluding hydrogens is 405 g/mol. The predicted octanol–water partition coefficient (Wildman–Crippen LogP) is 2.93. The van der Waals surface area contributed by atoms with Crippen molar-refractivity contribution in [2.75, 3.05) is 13.1 Å². The average Bonchev–Trinajstić information content (AvgIpc) is 2.68. The maximum absolute atomic E-state index is 14.1. The third kappa shape index (κ3) is 4.50. The Kier molecular flexibility index (Phi) is 5.98. The van der Waals surface area contributed by atoms with Crippen molar-refractivity contribution in [3.05, 3.63) is 64.4 Å². The molecule has 146 valence electrons. The lowest BCUT2D eigenvalue weighted by atomic mass is 10.0. The summed E-state index contributed by atoms with van der Waals surface area (Å²) in [4.78, 5) is 14.1. The van der Waals surface area contributed by atoms with Crippen molar-refractivity contribution >= 4 is 27.5 Å². The number of sulfonamides is 1. The molecule has 28 heavy (non-hydrogen) atoms. The fourth-order valence-electron chi connectivity index (χ4n) is 3.03. The van der Waals surface area contributed by atoms with E-state index in [9.17, 15) is 17.6 Å². The number of nitrogens with one attached hydrogen (secondary N) is 1. The first kappa shape index (κ1) is 20.3. The van der Waals surface area contributed by atoms with Crippen molar-refractivity contribution in [1.82, 2.24) is 9.62 Å². The molecule has 0 radical (unpaired) electrons. The van der Waals surface area contributed by atoms with Gasteiger partial charge in [-0.3, -0.25) is 4.79 Å². The fourth-order valence-corrected chi connectivity index (χ4v) is 4.46. The van der Waals surface area contributed by atoms with Gasteiger partial charge in [-0.25, -0.2) is 17.5 Å². The number of halogens is 2. The molecule has 1 heterocycles. The van der Waals surface area contributed by atoms with Crippen LogP contribution in [-0.2, 0) is 10.0 Å². The predicted molar refractivity (Wildman–Crippen MR) is 102 cm³/mol. The van der Waals surface area contributed by atoms with Gasteiger partial charge in [0.25, 0.3) is 5.91 Å². The lowest BCUT2D eigenvalue weighted by molar-refractivity contribution is 0.0706. The van der Waals surface area contributed by atoms with Crippen LogP contribution in [0.5, 0.6) is 0 Å². The van der Waals surface area contributed by atoms with Gasteiger partial charge >= 0.3 is 0 Å². The second-order valence-corrected chi connectivity index (χ2v) is 8.60. The number of likely N-dealkylation sites (tertiary alicyclic amines) is 1. The van der Waals surface area contributed by atoms with Gasteiger partial charge in [0.1, 0.15) is 5.82 Å². The van der Waals surface area contributed by atoms with E-state index in [1.807, 2.05) is 6.07 Å². The molecule has 0 bridgehead atoms. The van der Waals surface area contributed by atoms with Crippen molar-refractivity contribution in [3.8, 4) is 6.07 Å². The second kappa shape index (κ2) is 8.27. The van der Waals surface area contributed by atoms with Crippen LogP contribution in [0.15, 0.2) is 47.4 Å². The number of rotatable bonds is 4. The number of benzene rings is 2. The van der Waals surface area contributed by atoms with Crippen LogP contribution >= 0.6 is 11.6 Å². The van der Waals surface area contributed by atoms with Crippen LogP contribution in [0.1, 0.15) is 28.8 Å². The van der Waals surface area contributed by atoms with Crippen molar-refractivity contribution in [1.29, 1.82) is 5.26 Å². The molecule has 1 N–H and O–H groups in total. The first-order valence-corrected chi connectivity index (χ1v) is 10.4. The van der Waals surface area contributed by atoms with Crippen molar-refractivity contribution in [2.45, 2.75) is 23.8 Å². The van der Waals surface area contributed by atoms with Gasteiger partial charge in [0.15, 0.2) is 0 Å². The van der Waals surface area contributed by atoms with E-state index in [2.05, 4.69) is 4.72 Å². The van der Waals surface area contributed by atoms with Gasteiger partial charge in [0.05, 0.1) is 22.1 Å². The highest BCUT2D eigenvalue weighted by Crippen LogP contribution is 2.20. The Morgan fingerprint density at radius 2 is 1.82 bits per heavy atom. The molecule has 0 aromatic heterocycles. The highest BCUT2D eigenvalue weighted by molar-refractivity contribution is 7.89. The Morgan fingerprint density at radius 1 is 1.18 bits per heavy atom. The van der Waals surface area contributed by atoms with Gasteiger partial charge in [0.2, 0.25) is 10.0 Å². The Balaban J connectivity index is 1.62. The van der Waals surface area contributed by atoms with Gasteiger partial charge in [-0.1, -0.05) is 11.6 Å². The quantitative estimate of drug-likeness (QED) is 0.821. The molecule has 2 aromatic rings. The van der Waals surface area contributed by atoms with Crippen molar-refractivity contribution in [3.63, 3.8) is 0 Å². The number of amides is 1. The Hall–Kier alpha value is -2.47. The van der Waals surface area contributed by atoms with Crippen LogP contribution in [0.3, 0.4) is 0 Å². The summed E-state index contributed by atoms with van der Waals surface area (Å²) in [6, 6.07) is 11.1. The summed E-state index contributed by atoms with van der Waals surface area (Å²) in [7, 11) is -3.68. The smallest absolute Gasteiger partial charge is 0.256 e. The summed E-state index contributed by atoms with van der Waals surface area (Å²) in [5.74, 6) is -1.21. The van der Waals surface area contributed by atoms with Gasteiger partial charge in [-0.05, 0) is 55.3 Å². The lowest BCUT2D eigenvalue weighted by Crippen LogP contribution is -2.46.